The molecule has 0 saturated carbocycles. The summed E-state index contributed by atoms with van der Waals surface area (Å²) in [5.74, 6) is -0.303. The molecule has 8 heteroatoms. The van der Waals surface area contributed by atoms with Crippen LogP contribution in [0.4, 0.5) is 4.39 Å². The largest absolute Gasteiger partial charge is 0.250 e. The van der Waals surface area contributed by atoms with E-state index in [-0.39, 0.29) is 12.4 Å². The highest BCUT2D eigenvalue weighted by atomic mass is 32.2. The first-order valence-corrected chi connectivity index (χ1v) is 10.0. The van der Waals surface area contributed by atoms with E-state index in [1.165, 1.54) is 34.8 Å². The Labute approximate surface area is 141 Å². The van der Waals surface area contributed by atoms with Crippen molar-refractivity contribution < 1.29 is 12.8 Å². The number of aromatic nitrogens is 1. The number of thiophene rings is 1. The molecule has 0 unspecified atom stereocenters. The third kappa shape index (κ3) is 4.03. The number of sulfonamides is 1. The highest BCUT2D eigenvalue weighted by Gasteiger charge is 2.14. The number of nitrogens with one attached hydrogen (secondary N) is 1. The average Bonchev–Trinajstić information content (AvgIpc) is 3.19. The summed E-state index contributed by atoms with van der Waals surface area (Å²) in [6.07, 6.45) is 0.483. The second-order valence-electron chi connectivity index (χ2n) is 4.73. The fourth-order valence-corrected chi connectivity index (χ4v) is 4.90. The summed E-state index contributed by atoms with van der Waals surface area (Å²) in [7, 11) is -3.44. The Balaban J connectivity index is 1.62. The van der Waals surface area contributed by atoms with Gasteiger partial charge in [-0.25, -0.2) is 22.5 Å². The molecule has 3 aromatic rings. The number of nitrogens with zero attached hydrogens (tertiary/aromatic N) is 1. The number of rotatable bonds is 6. The number of thiazole rings is 1. The minimum absolute atomic E-state index is 0.270. The van der Waals surface area contributed by atoms with Gasteiger partial charge in [0.25, 0.3) is 0 Å². The predicted molar refractivity (Wildman–Crippen MR) is 90.7 cm³/mol. The fourth-order valence-electron chi connectivity index (χ4n) is 1.98. The van der Waals surface area contributed by atoms with E-state index < -0.39 is 10.0 Å². The van der Waals surface area contributed by atoms with E-state index in [1.54, 1.807) is 29.6 Å². The molecule has 0 radical (unpaired) electrons. The van der Waals surface area contributed by atoms with Crippen LogP contribution in [0.5, 0.6) is 0 Å². The van der Waals surface area contributed by atoms with Gasteiger partial charge in [0.2, 0.25) is 10.0 Å². The molecule has 23 heavy (non-hydrogen) atoms. The highest BCUT2D eigenvalue weighted by molar-refractivity contribution is 7.91. The van der Waals surface area contributed by atoms with E-state index in [0.717, 1.165) is 16.3 Å². The number of hydrogen-bond donors (Lipinski definition) is 1. The van der Waals surface area contributed by atoms with Crippen LogP contribution in [0.3, 0.4) is 0 Å². The quantitative estimate of drug-likeness (QED) is 0.724. The van der Waals surface area contributed by atoms with Crippen molar-refractivity contribution in [2.24, 2.45) is 0 Å². The monoisotopic (exact) mass is 368 g/mol. The molecule has 1 aromatic carbocycles. The first-order valence-electron chi connectivity index (χ1n) is 6.78. The molecular weight excluding hydrogens is 355 g/mol. The van der Waals surface area contributed by atoms with Gasteiger partial charge in [-0.1, -0.05) is 18.2 Å². The Kier molecular flexibility index (Phi) is 4.86. The van der Waals surface area contributed by atoms with Gasteiger partial charge >= 0.3 is 0 Å². The van der Waals surface area contributed by atoms with Crippen LogP contribution < -0.4 is 4.72 Å². The maximum Gasteiger partial charge on any atom is 0.250 e. The van der Waals surface area contributed by atoms with Gasteiger partial charge in [-0.2, -0.15) is 0 Å². The van der Waals surface area contributed by atoms with Gasteiger partial charge in [-0.15, -0.1) is 22.7 Å². The van der Waals surface area contributed by atoms with E-state index in [9.17, 15) is 12.8 Å². The average molecular weight is 368 g/mol. The van der Waals surface area contributed by atoms with Crippen molar-refractivity contribution in [3.05, 3.63) is 58.7 Å². The smallest absolute Gasteiger partial charge is 0.241 e. The predicted octanol–water partition coefficient (Wildman–Crippen LogP) is 3.53. The molecule has 0 aliphatic rings. The van der Waals surface area contributed by atoms with Gasteiger partial charge in [-0.05, 0) is 23.6 Å². The summed E-state index contributed by atoms with van der Waals surface area (Å²) < 4.78 is 40.1. The highest BCUT2D eigenvalue weighted by Crippen LogP contribution is 2.24. The lowest BCUT2D eigenvalue weighted by molar-refractivity contribution is 0.583. The first-order chi connectivity index (χ1) is 11.0. The van der Waals surface area contributed by atoms with E-state index in [2.05, 4.69) is 9.71 Å². The lowest BCUT2D eigenvalue weighted by Crippen LogP contribution is -2.25. The molecular formula is C15H13FN2O2S3. The molecule has 0 fully saturated rings. The second-order valence-corrected chi connectivity index (χ2v) is 8.53. The molecule has 0 amide bonds. The summed E-state index contributed by atoms with van der Waals surface area (Å²) in [5.41, 5.74) is 1.50. The maximum atomic E-state index is 13.2. The zero-order chi connectivity index (χ0) is 16.3. The van der Waals surface area contributed by atoms with E-state index in [0.29, 0.717) is 10.6 Å². The topological polar surface area (TPSA) is 59.1 Å². The minimum Gasteiger partial charge on any atom is -0.241 e. The van der Waals surface area contributed by atoms with E-state index in [1.807, 2.05) is 5.38 Å². The Morgan fingerprint density at radius 1 is 1.17 bits per heavy atom. The zero-order valence-electron chi connectivity index (χ0n) is 11.9. The Hall–Kier alpha value is -1.61. The molecule has 3 rings (SSSR count). The molecule has 0 aliphatic heterocycles. The van der Waals surface area contributed by atoms with Gasteiger partial charge in [0.15, 0.2) is 0 Å². The van der Waals surface area contributed by atoms with Gasteiger partial charge in [0.05, 0.1) is 5.69 Å². The summed E-state index contributed by atoms with van der Waals surface area (Å²) >= 11 is 2.59. The van der Waals surface area contributed by atoms with Crippen LogP contribution in [0, 0.1) is 5.82 Å². The van der Waals surface area contributed by atoms with Gasteiger partial charge < -0.3 is 0 Å². The zero-order valence-corrected chi connectivity index (χ0v) is 14.3. The lowest BCUT2D eigenvalue weighted by Gasteiger charge is -2.03. The molecule has 1 N–H and O–H groups in total. The minimum atomic E-state index is -3.44. The molecule has 2 heterocycles. The number of hydrogen-bond acceptors (Lipinski definition) is 5. The summed E-state index contributed by atoms with van der Waals surface area (Å²) in [6.45, 7) is 0.270. The van der Waals surface area contributed by atoms with Crippen molar-refractivity contribution in [2.45, 2.75) is 10.6 Å². The van der Waals surface area contributed by atoms with Crippen molar-refractivity contribution in [3.8, 4) is 10.6 Å². The molecule has 4 nitrogen and oxygen atoms in total. The molecule has 0 spiro atoms. The molecule has 0 atom stereocenters. The second kappa shape index (κ2) is 6.88. The Morgan fingerprint density at radius 2 is 2.04 bits per heavy atom. The maximum absolute atomic E-state index is 13.2. The molecule has 0 saturated heterocycles. The summed E-state index contributed by atoms with van der Waals surface area (Å²) in [5, 5.41) is 4.31. The van der Waals surface area contributed by atoms with Crippen molar-refractivity contribution in [1.82, 2.24) is 9.71 Å². The van der Waals surface area contributed by atoms with Gasteiger partial charge in [-0.3, -0.25) is 0 Å². The van der Waals surface area contributed by atoms with Crippen LogP contribution in [-0.2, 0) is 16.4 Å². The van der Waals surface area contributed by atoms with Crippen LogP contribution in [0.15, 0.2) is 51.4 Å². The third-order valence-electron chi connectivity index (χ3n) is 3.06. The molecule has 0 bridgehead atoms. The van der Waals surface area contributed by atoms with Gasteiger partial charge in [0, 0.05) is 23.9 Å². The first kappa shape index (κ1) is 16.3. The van der Waals surface area contributed by atoms with E-state index >= 15 is 0 Å². The van der Waals surface area contributed by atoms with E-state index in [4.69, 9.17) is 0 Å². The number of halogens is 1. The third-order valence-corrected chi connectivity index (χ3v) is 6.86. The number of benzene rings is 1. The van der Waals surface area contributed by atoms with Crippen molar-refractivity contribution in [2.75, 3.05) is 6.54 Å². The van der Waals surface area contributed by atoms with Crippen LogP contribution in [0.2, 0.25) is 0 Å². The van der Waals surface area contributed by atoms with Crippen LogP contribution >= 0.6 is 22.7 Å². The molecule has 2 aromatic heterocycles. The normalized spacial score (nSPS) is 11.7. The van der Waals surface area contributed by atoms with Crippen molar-refractivity contribution in [1.29, 1.82) is 0 Å². The molecule has 120 valence electrons. The summed E-state index contributed by atoms with van der Waals surface area (Å²) in [4.78, 5) is 4.42. The molecule has 0 aliphatic carbocycles. The summed E-state index contributed by atoms with van der Waals surface area (Å²) in [6, 6.07) is 9.52. The van der Waals surface area contributed by atoms with Gasteiger partial charge in [0.1, 0.15) is 15.0 Å². The standard InChI is InChI=1S/C15H13FN2O2S3/c16-12-4-1-3-11(9-12)15-18-13(10-22-15)6-7-17-23(19,20)14-5-2-8-21-14/h1-5,8-10,17H,6-7H2. The van der Waals surface area contributed by atoms with Crippen LogP contribution in [0.1, 0.15) is 5.69 Å². The Bertz CT molecular complexity index is 889. The van der Waals surface area contributed by atoms with Crippen LogP contribution in [0.25, 0.3) is 10.6 Å². The fraction of sp³-hybridized carbons (Fsp3) is 0.133. The van der Waals surface area contributed by atoms with Crippen LogP contribution in [-0.4, -0.2) is 19.9 Å². The van der Waals surface area contributed by atoms with Crippen molar-refractivity contribution >= 4 is 32.7 Å². The Morgan fingerprint density at radius 3 is 2.78 bits per heavy atom. The lowest BCUT2D eigenvalue weighted by atomic mass is 10.2. The van der Waals surface area contributed by atoms with Crippen molar-refractivity contribution in [3.63, 3.8) is 0 Å². The SMILES string of the molecule is O=S(=O)(NCCc1csc(-c2cccc(F)c2)n1)c1cccs1.